The standard InChI is InChI=1S/C21H22N4O5S/c1-30-16-8-6-15(7-9-16)25-13-14(12-19(25)26)21(27)23-11-10-22-20-17-4-2-3-5-18(17)31(28,29)24-20/h2-9,14H,10-13H2,1H3,(H,22,24)(H,23,27). The van der Waals surface area contributed by atoms with E-state index in [1.165, 1.54) is 6.07 Å². The van der Waals surface area contributed by atoms with Gasteiger partial charge in [-0.1, -0.05) is 12.1 Å². The first-order valence-electron chi connectivity index (χ1n) is 9.78. The average molecular weight is 442 g/mol. The number of amides is 2. The highest BCUT2D eigenvalue weighted by Crippen LogP contribution is 2.27. The number of anilines is 1. The van der Waals surface area contributed by atoms with E-state index in [1.807, 2.05) is 0 Å². The van der Waals surface area contributed by atoms with Gasteiger partial charge in [-0.2, -0.15) is 0 Å². The normalized spacial score (nSPS) is 20.4. The molecule has 10 heteroatoms. The molecule has 0 aromatic heterocycles. The van der Waals surface area contributed by atoms with Crippen LogP contribution < -0.4 is 19.7 Å². The lowest BCUT2D eigenvalue weighted by Crippen LogP contribution is -2.34. The SMILES string of the molecule is COc1ccc(N2CC(C(=O)NCCN=C3NS(=O)(=O)c4ccccc43)CC2=O)cc1. The van der Waals surface area contributed by atoms with E-state index in [0.29, 0.717) is 17.9 Å². The van der Waals surface area contributed by atoms with Crippen molar-refractivity contribution in [3.05, 3.63) is 54.1 Å². The van der Waals surface area contributed by atoms with Crippen molar-refractivity contribution in [3.8, 4) is 5.75 Å². The second kappa shape index (κ2) is 8.38. The predicted octanol–water partition coefficient (Wildman–Crippen LogP) is 0.903. The number of hydrogen-bond donors (Lipinski definition) is 2. The van der Waals surface area contributed by atoms with Crippen molar-refractivity contribution in [2.45, 2.75) is 11.3 Å². The van der Waals surface area contributed by atoms with Gasteiger partial charge in [-0.25, -0.2) is 8.42 Å². The Morgan fingerprint density at radius 1 is 1.23 bits per heavy atom. The minimum Gasteiger partial charge on any atom is -0.497 e. The number of sulfonamides is 1. The van der Waals surface area contributed by atoms with E-state index < -0.39 is 15.9 Å². The maximum Gasteiger partial charge on any atom is 0.263 e. The summed E-state index contributed by atoms with van der Waals surface area (Å²) < 4.78 is 31.7. The molecule has 1 unspecified atom stereocenters. The second-order valence-corrected chi connectivity index (χ2v) is 8.88. The molecule has 0 aliphatic carbocycles. The van der Waals surface area contributed by atoms with Gasteiger partial charge in [-0.15, -0.1) is 0 Å². The first-order valence-corrected chi connectivity index (χ1v) is 11.3. The van der Waals surface area contributed by atoms with Crippen molar-refractivity contribution in [1.82, 2.24) is 10.0 Å². The first kappa shape index (κ1) is 20.9. The molecule has 1 atom stereocenters. The van der Waals surface area contributed by atoms with Gasteiger partial charge in [0.05, 0.1) is 24.5 Å². The molecule has 2 amide bonds. The molecule has 0 saturated carbocycles. The minimum absolute atomic E-state index is 0.109. The van der Waals surface area contributed by atoms with Crippen LogP contribution in [0.4, 0.5) is 5.69 Å². The number of rotatable bonds is 6. The average Bonchev–Trinajstić information content (AvgIpc) is 3.28. The highest BCUT2D eigenvalue weighted by molar-refractivity contribution is 7.90. The molecule has 162 valence electrons. The number of ether oxygens (including phenoxy) is 1. The van der Waals surface area contributed by atoms with E-state index in [9.17, 15) is 18.0 Å². The Balaban J connectivity index is 1.32. The van der Waals surface area contributed by atoms with Crippen LogP contribution in [0.15, 0.2) is 58.4 Å². The fourth-order valence-electron chi connectivity index (χ4n) is 3.64. The molecule has 31 heavy (non-hydrogen) atoms. The smallest absolute Gasteiger partial charge is 0.263 e. The van der Waals surface area contributed by atoms with Gasteiger partial charge >= 0.3 is 0 Å². The second-order valence-electron chi connectivity index (χ2n) is 7.23. The Hall–Kier alpha value is -3.40. The number of nitrogens with one attached hydrogen (secondary N) is 2. The third-order valence-corrected chi connectivity index (χ3v) is 6.62. The molecular weight excluding hydrogens is 420 g/mol. The van der Waals surface area contributed by atoms with Gasteiger partial charge in [0.1, 0.15) is 11.6 Å². The van der Waals surface area contributed by atoms with E-state index in [4.69, 9.17) is 4.74 Å². The molecule has 0 bridgehead atoms. The van der Waals surface area contributed by atoms with Crippen molar-refractivity contribution in [1.29, 1.82) is 0 Å². The molecule has 9 nitrogen and oxygen atoms in total. The molecule has 2 aromatic carbocycles. The highest BCUT2D eigenvalue weighted by atomic mass is 32.2. The molecule has 4 rings (SSSR count). The van der Waals surface area contributed by atoms with Crippen LogP contribution in [0.2, 0.25) is 0 Å². The zero-order valence-corrected chi connectivity index (χ0v) is 17.7. The number of methoxy groups -OCH3 is 1. The van der Waals surface area contributed by atoms with Crippen LogP contribution >= 0.6 is 0 Å². The van der Waals surface area contributed by atoms with Crippen LogP contribution in [0, 0.1) is 5.92 Å². The lowest BCUT2D eigenvalue weighted by atomic mass is 10.1. The third-order valence-electron chi connectivity index (χ3n) is 5.22. The maximum atomic E-state index is 12.5. The molecule has 1 fully saturated rings. The lowest BCUT2D eigenvalue weighted by molar-refractivity contribution is -0.126. The summed E-state index contributed by atoms with van der Waals surface area (Å²) in [6, 6.07) is 13.7. The molecule has 0 radical (unpaired) electrons. The first-order chi connectivity index (χ1) is 14.9. The van der Waals surface area contributed by atoms with Gasteiger partial charge in [-0.05, 0) is 36.4 Å². The number of amidine groups is 1. The van der Waals surface area contributed by atoms with E-state index in [-0.39, 0.29) is 42.1 Å². The van der Waals surface area contributed by atoms with E-state index in [2.05, 4.69) is 15.0 Å². The fourth-order valence-corrected chi connectivity index (χ4v) is 4.89. The zero-order chi connectivity index (χ0) is 22.0. The Labute approximate surface area is 180 Å². The molecule has 0 spiro atoms. The van der Waals surface area contributed by atoms with Crippen molar-refractivity contribution in [2.75, 3.05) is 31.6 Å². The summed E-state index contributed by atoms with van der Waals surface area (Å²) in [6.07, 6.45) is 0.138. The summed E-state index contributed by atoms with van der Waals surface area (Å²) in [5, 5.41) is 2.78. The molecule has 2 aliphatic heterocycles. The molecule has 2 aliphatic rings. The number of carbonyl (C=O) groups is 2. The summed E-state index contributed by atoms with van der Waals surface area (Å²) >= 11 is 0. The van der Waals surface area contributed by atoms with Crippen LogP contribution in [-0.4, -0.2) is 52.8 Å². The molecule has 2 aromatic rings. The predicted molar refractivity (Wildman–Crippen MR) is 115 cm³/mol. The topological polar surface area (TPSA) is 117 Å². The van der Waals surface area contributed by atoms with Gasteiger partial charge in [0.2, 0.25) is 11.8 Å². The van der Waals surface area contributed by atoms with Crippen LogP contribution in [0.25, 0.3) is 0 Å². The lowest BCUT2D eigenvalue weighted by Gasteiger charge is -2.17. The highest BCUT2D eigenvalue weighted by Gasteiger charge is 2.35. The quantitative estimate of drug-likeness (QED) is 0.645. The number of hydrogen-bond acceptors (Lipinski definition) is 6. The molecule has 2 N–H and O–H groups in total. The van der Waals surface area contributed by atoms with Crippen LogP contribution in [0.1, 0.15) is 12.0 Å². The summed E-state index contributed by atoms with van der Waals surface area (Å²) in [7, 11) is -2.01. The van der Waals surface area contributed by atoms with Crippen LogP contribution in [0.3, 0.4) is 0 Å². The Morgan fingerprint density at radius 3 is 2.71 bits per heavy atom. The summed E-state index contributed by atoms with van der Waals surface area (Å²) in [5.74, 6) is 0.178. The third kappa shape index (κ3) is 4.24. The van der Waals surface area contributed by atoms with Crippen molar-refractivity contribution in [3.63, 3.8) is 0 Å². The van der Waals surface area contributed by atoms with Crippen molar-refractivity contribution < 1.29 is 22.7 Å². The van der Waals surface area contributed by atoms with Gasteiger partial charge in [0.15, 0.2) is 0 Å². The number of carbonyl (C=O) groups excluding carboxylic acids is 2. The molecular formula is C21H22N4O5S. The zero-order valence-electron chi connectivity index (χ0n) is 16.9. The largest absolute Gasteiger partial charge is 0.497 e. The monoisotopic (exact) mass is 442 g/mol. The number of aliphatic imine (C=N–C) groups is 1. The van der Waals surface area contributed by atoms with Gasteiger partial charge in [0, 0.05) is 30.8 Å². The molecule has 2 heterocycles. The van der Waals surface area contributed by atoms with Crippen molar-refractivity contribution >= 4 is 33.4 Å². The number of benzene rings is 2. The minimum atomic E-state index is -3.58. The van der Waals surface area contributed by atoms with Crippen LogP contribution in [0.5, 0.6) is 5.75 Å². The van der Waals surface area contributed by atoms with E-state index in [0.717, 1.165) is 5.69 Å². The summed E-state index contributed by atoms with van der Waals surface area (Å²) in [4.78, 5) is 30.9. The summed E-state index contributed by atoms with van der Waals surface area (Å²) in [5.41, 5.74) is 1.24. The van der Waals surface area contributed by atoms with Crippen LogP contribution in [-0.2, 0) is 19.6 Å². The maximum absolute atomic E-state index is 12.5. The van der Waals surface area contributed by atoms with E-state index >= 15 is 0 Å². The van der Waals surface area contributed by atoms with Gasteiger partial charge in [-0.3, -0.25) is 19.3 Å². The molecule has 1 saturated heterocycles. The summed E-state index contributed by atoms with van der Waals surface area (Å²) in [6.45, 7) is 0.749. The Bertz CT molecular complexity index is 1140. The Morgan fingerprint density at radius 2 is 1.97 bits per heavy atom. The van der Waals surface area contributed by atoms with Gasteiger partial charge in [0.25, 0.3) is 10.0 Å². The van der Waals surface area contributed by atoms with Gasteiger partial charge < -0.3 is 15.0 Å². The number of fused-ring (bicyclic) bond motifs is 1. The van der Waals surface area contributed by atoms with E-state index in [1.54, 1.807) is 54.5 Å². The fraction of sp³-hybridized carbons (Fsp3) is 0.286. The Kier molecular flexibility index (Phi) is 5.64. The van der Waals surface area contributed by atoms with Crippen molar-refractivity contribution in [2.24, 2.45) is 10.9 Å². The number of nitrogens with zero attached hydrogens (tertiary/aromatic N) is 2.